The molecule has 10 nitrogen and oxygen atoms in total. The number of fused-ring (bicyclic) bond motifs is 2. The Bertz CT molecular complexity index is 1620. The van der Waals surface area contributed by atoms with Crippen molar-refractivity contribution in [1.82, 2.24) is 29.6 Å². The van der Waals surface area contributed by atoms with E-state index >= 15 is 0 Å². The van der Waals surface area contributed by atoms with Crippen molar-refractivity contribution in [2.75, 3.05) is 10.7 Å². The summed E-state index contributed by atoms with van der Waals surface area (Å²) < 4.78 is 15.8. The fourth-order valence-corrected chi connectivity index (χ4v) is 3.72. The van der Waals surface area contributed by atoms with Crippen molar-refractivity contribution in [3.8, 4) is 6.07 Å². The summed E-state index contributed by atoms with van der Waals surface area (Å²) in [5.74, 6) is 0.109. The first-order valence-electron chi connectivity index (χ1n) is 10.5. The van der Waals surface area contributed by atoms with Crippen LogP contribution in [0.15, 0.2) is 59.9 Å². The largest absolute Gasteiger partial charge is 0.358 e. The Morgan fingerprint density at radius 2 is 2.06 bits per heavy atom. The van der Waals surface area contributed by atoms with Crippen molar-refractivity contribution in [1.29, 1.82) is 5.26 Å². The van der Waals surface area contributed by atoms with Gasteiger partial charge < -0.3 is 10.3 Å². The Balaban J connectivity index is 1.67. The van der Waals surface area contributed by atoms with Gasteiger partial charge in [-0.05, 0) is 36.8 Å². The SMILES string of the molecule is CC[C@H](Nc1ncnc2[nH]cnc12)c1nc2cccc(F)c2c(=O)n1Nc1cccc(C#N)c1. The fourth-order valence-electron chi connectivity index (χ4n) is 3.72. The van der Waals surface area contributed by atoms with E-state index in [4.69, 9.17) is 0 Å². The maximum Gasteiger partial charge on any atom is 0.283 e. The zero-order valence-corrected chi connectivity index (χ0v) is 18.0. The molecule has 0 amide bonds. The Morgan fingerprint density at radius 3 is 2.88 bits per heavy atom. The predicted octanol–water partition coefficient (Wildman–Crippen LogP) is 3.51. The molecule has 3 N–H and O–H groups in total. The number of imidazole rings is 1. The van der Waals surface area contributed by atoms with Crippen LogP contribution >= 0.6 is 0 Å². The van der Waals surface area contributed by atoms with Crippen LogP contribution in [0.3, 0.4) is 0 Å². The minimum atomic E-state index is -0.669. The maximum atomic E-state index is 14.6. The second-order valence-electron chi connectivity index (χ2n) is 7.48. The Hall–Kier alpha value is -4.85. The molecule has 3 aromatic heterocycles. The highest BCUT2D eigenvalue weighted by Gasteiger charge is 2.22. The summed E-state index contributed by atoms with van der Waals surface area (Å²) in [5, 5.41) is 12.4. The van der Waals surface area contributed by atoms with Gasteiger partial charge in [0.25, 0.3) is 5.56 Å². The second-order valence-corrected chi connectivity index (χ2v) is 7.48. The predicted molar refractivity (Wildman–Crippen MR) is 124 cm³/mol. The van der Waals surface area contributed by atoms with E-state index in [2.05, 4.69) is 41.7 Å². The standard InChI is InChI=1S/C23H18FN9O/c1-2-16(30-21-19-20(27-11-26-19)28-12-29-21)22-31-17-8-4-7-15(24)18(17)23(34)33(22)32-14-6-3-5-13(9-14)10-25/h3-9,11-12,16,32H,2H2,1H3,(H2,26,27,28,29,30)/t16-/m0/s1. The number of aromatic nitrogens is 6. The van der Waals surface area contributed by atoms with Gasteiger partial charge in [-0.3, -0.25) is 10.2 Å². The topological polar surface area (TPSA) is 137 Å². The molecule has 0 saturated heterocycles. The van der Waals surface area contributed by atoms with E-state index in [9.17, 15) is 14.4 Å². The summed E-state index contributed by atoms with van der Waals surface area (Å²) in [4.78, 5) is 33.7. The molecule has 5 aromatic rings. The van der Waals surface area contributed by atoms with Gasteiger partial charge in [0.1, 0.15) is 23.0 Å². The van der Waals surface area contributed by atoms with E-state index < -0.39 is 17.4 Å². The lowest BCUT2D eigenvalue weighted by Crippen LogP contribution is -2.34. The molecule has 0 radical (unpaired) electrons. The highest BCUT2D eigenvalue weighted by atomic mass is 19.1. The highest BCUT2D eigenvalue weighted by Crippen LogP contribution is 2.25. The zero-order chi connectivity index (χ0) is 23.7. The Morgan fingerprint density at radius 1 is 1.21 bits per heavy atom. The molecule has 34 heavy (non-hydrogen) atoms. The number of halogens is 1. The average molecular weight is 455 g/mol. The molecule has 0 aliphatic rings. The number of hydrogen-bond acceptors (Lipinski definition) is 8. The molecule has 0 fully saturated rings. The van der Waals surface area contributed by atoms with Crippen LogP contribution in [0.5, 0.6) is 0 Å². The van der Waals surface area contributed by atoms with Crippen LogP contribution in [0, 0.1) is 17.1 Å². The van der Waals surface area contributed by atoms with Crippen LogP contribution < -0.4 is 16.3 Å². The molecular formula is C23H18FN9O. The lowest BCUT2D eigenvalue weighted by molar-refractivity contribution is 0.622. The van der Waals surface area contributed by atoms with E-state index in [0.29, 0.717) is 40.5 Å². The molecule has 168 valence electrons. The van der Waals surface area contributed by atoms with Crippen molar-refractivity contribution in [2.45, 2.75) is 19.4 Å². The quantitative estimate of drug-likeness (QED) is 0.354. The van der Waals surface area contributed by atoms with Crippen LogP contribution in [0.1, 0.15) is 30.8 Å². The molecule has 5 rings (SSSR count). The summed E-state index contributed by atoms with van der Waals surface area (Å²) >= 11 is 0. The average Bonchev–Trinajstić information content (AvgIpc) is 3.34. The number of H-pyrrole nitrogens is 1. The van der Waals surface area contributed by atoms with E-state index in [1.807, 2.05) is 6.92 Å². The molecule has 11 heteroatoms. The van der Waals surface area contributed by atoms with E-state index in [1.165, 1.54) is 29.5 Å². The van der Waals surface area contributed by atoms with E-state index in [0.717, 1.165) is 0 Å². The zero-order valence-electron chi connectivity index (χ0n) is 18.0. The van der Waals surface area contributed by atoms with Gasteiger partial charge in [-0.15, -0.1) is 0 Å². The monoisotopic (exact) mass is 455 g/mol. The second kappa shape index (κ2) is 8.59. The first kappa shape index (κ1) is 21.0. The molecule has 0 aliphatic carbocycles. The number of anilines is 2. The first-order valence-corrected chi connectivity index (χ1v) is 10.5. The molecule has 2 aromatic carbocycles. The van der Waals surface area contributed by atoms with Gasteiger partial charge >= 0.3 is 0 Å². The number of hydrogen-bond donors (Lipinski definition) is 3. The van der Waals surface area contributed by atoms with E-state index in [-0.39, 0.29) is 10.9 Å². The lowest BCUT2D eigenvalue weighted by atomic mass is 10.1. The van der Waals surface area contributed by atoms with Crippen molar-refractivity contribution >= 4 is 33.6 Å². The number of nitrogens with one attached hydrogen (secondary N) is 3. The van der Waals surface area contributed by atoms with Gasteiger partial charge in [0.15, 0.2) is 17.3 Å². The summed E-state index contributed by atoms with van der Waals surface area (Å²) in [6.07, 6.45) is 3.43. The van der Waals surface area contributed by atoms with Crippen LogP contribution in [0.2, 0.25) is 0 Å². The summed E-state index contributed by atoms with van der Waals surface area (Å²) in [7, 11) is 0. The number of nitriles is 1. The highest BCUT2D eigenvalue weighted by molar-refractivity contribution is 5.82. The van der Waals surface area contributed by atoms with Gasteiger partial charge in [0.05, 0.1) is 35.2 Å². The minimum Gasteiger partial charge on any atom is -0.358 e. The van der Waals surface area contributed by atoms with Crippen molar-refractivity contribution in [3.63, 3.8) is 0 Å². The molecule has 0 aliphatic heterocycles. The molecule has 0 unspecified atom stereocenters. The van der Waals surface area contributed by atoms with Gasteiger partial charge in [-0.1, -0.05) is 19.1 Å². The smallest absolute Gasteiger partial charge is 0.283 e. The van der Waals surface area contributed by atoms with Crippen molar-refractivity contribution < 1.29 is 4.39 Å². The Labute approximate surface area is 192 Å². The number of rotatable bonds is 6. The summed E-state index contributed by atoms with van der Waals surface area (Å²) in [6.45, 7) is 1.92. The van der Waals surface area contributed by atoms with Crippen molar-refractivity contribution in [3.05, 3.63) is 82.7 Å². The van der Waals surface area contributed by atoms with Crippen molar-refractivity contribution in [2.24, 2.45) is 0 Å². The van der Waals surface area contributed by atoms with Gasteiger partial charge in [0.2, 0.25) is 0 Å². The Kier molecular flexibility index (Phi) is 5.31. The lowest BCUT2D eigenvalue weighted by Gasteiger charge is -2.22. The normalized spacial score (nSPS) is 11.9. The summed E-state index contributed by atoms with van der Waals surface area (Å²) in [6, 6.07) is 12.5. The van der Waals surface area contributed by atoms with Gasteiger partial charge in [-0.2, -0.15) is 5.26 Å². The van der Waals surface area contributed by atoms with Crippen LogP contribution in [-0.2, 0) is 0 Å². The molecular weight excluding hydrogens is 437 g/mol. The molecule has 0 bridgehead atoms. The van der Waals surface area contributed by atoms with Crippen LogP contribution in [0.4, 0.5) is 15.9 Å². The van der Waals surface area contributed by atoms with Gasteiger partial charge in [0, 0.05) is 0 Å². The van der Waals surface area contributed by atoms with Crippen LogP contribution in [0.25, 0.3) is 22.1 Å². The minimum absolute atomic E-state index is 0.137. The molecule has 1 atom stereocenters. The third-order valence-corrected chi connectivity index (χ3v) is 5.35. The van der Waals surface area contributed by atoms with Gasteiger partial charge in [-0.25, -0.2) is 29.0 Å². The van der Waals surface area contributed by atoms with E-state index in [1.54, 1.807) is 30.3 Å². The molecule has 0 spiro atoms. The van der Waals surface area contributed by atoms with Crippen LogP contribution in [-0.4, -0.2) is 29.6 Å². The number of nitrogens with zero attached hydrogens (tertiary/aromatic N) is 6. The number of aromatic amines is 1. The maximum absolute atomic E-state index is 14.6. The fraction of sp³-hybridized carbons (Fsp3) is 0.130. The summed E-state index contributed by atoms with van der Waals surface area (Å²) in [5.41, 5.74) is 4.61. The first-order chi connectivity index (χ1) is 16.6. The third-order valence-electron chi connectivity index (χ3n) is 5.35. The third kappa shape index (κ3) is 3.67. The molecule has 0 saturated carbocycles. The number of benzene rings is 2. The molecule has 3 heterocycles.